The summed E-state index contributed by atoms with van der Waals surface area (Å²) in [6.45, 7) is 2.11. The third-order valence-electron chi connectivity index (χ3n) is 6.01. The topological polar surface area (TPSA) is 29.1 Å². The zero-order valence-corrected chi connectivity index (χ0v) is 14.1. The molecule has 1 aromatic carbocycles. The van der Waals surface area contributed by atoms with Gasteiger partial charge in [-0.3, -0.25) is 4.79 Å². The largest absolute Gasteiger partial charge is 0.352 e. The fourth-order valence-electron chi connectivity index (χ4n) is 5.25. The molecule has 0 heterocycles. The van der Waals surface area contributed by atoms with Crippen LogP contribution < -0.4 is 5.32 Å². The molecule has 4 fully saturated rings. The van der Waals surface area contributed by atoms with Gasteiger partial charge in [-0.05, 0) is 74.3 Å². The van der Waals surface area contributed by atoms with Crippen molar-refractivity contribution in [2.45, 2.75) is 50.0 Å². The van der Waals surface area contributed by atoms with Gasteiger partial charge in [0, 0.05) is 10.9 Å². The molecule has 0 aliphatic heterocycles. The van der Waals surface area contributed by atoms with Gasteiger partial charge in [0.25, 0.3) is 0 Å². The monoisotopic (exact) mass is 315 g/mol. The van der Waals surface area contributed by atoms with Crippen molar-refractivity contribution in [3.8, 4) is 0 Å². The van der Waals surface area contributed by atoms with Crippen LogP contribution in [0.1, 0.15) is 37.7 Å². The third-order valence-corrected chi connectivity index (χ3v) is 7.18. The zero-order valence-electron chi connectivity index (χ0n) is 13.3. The van der Waals surface area contributed by atoms with Crippen molar-refractivity contribution >= 4 is 17.7 Å². The van der Waals surface area contributed by atoms with Crippen LogP contribution in [-0.4, -0.2) is 17.7 Å². The van der Waals surface area contributed by atoms with Crippen LogP contribution in [0.4, 0.5) is 0 Å². The molecule has 118 valence electrons. The molecule has 0 spiro atoms. The first kappa shape index (κ1) is 14.6. The highest BCUT2D eigenvalue weighted by atomic mass is 32.2. The maximum absolute atomic E-state index is 12.4. The molecule has 1 amide bonds. The molecule has 4 bridgehead atoms. The van der Waals surface area contributed by atoms with E-state index in [0.717, 1.165) is 23.7 Å². The fraction of sp³-hybridized carbons (Fsp3) is 0.632. The molecule has 1 N–H and O–H groups in total. The minimum atomic E-state index is 0.228. The Balaban J connectivity index is 1.34. The highest BCUT2D eigenvalue weighted by Crippen LogP contribution is 2.53. The van der Waals surface area contributed by atoms with Gasteiger partial charge in [-0.2, -0.15) is 0 Å². The minimum Gasteiger partial charge on any atom is -0.352 e. The van der Waals surface area contributed by atoms with E-state index in [9.17, 15) is 4.79 Å². The zero-order chi connectivity index (χ0) is 15.1. The van der Waals surface area contributed by atoms with E-state index >= 15 is 0 Å². The van der Waals surface area contributed by atoms with Gasteiger partial charge in [-0.15, -0.1) is 11.8 Å². The van der Waals surface area contributed by atoms with Crippen LogP contribution in [0.2, 0.25) is 0 Å². The van der Waals surface area contributed by atoms with Crippen molar-refractivity contribution < 1.29 is 4.79 Å². The van der Waals surface area contributed by atoms with E-state index in [1.165, 1.54) is 42.6 Å². The van der Waals surface area contributed by atoms with Crippen LogP contribution in [0.5, 0.6) is 0 Å². The Morgan fingerprint density at radius 1 is 1.09 bits per heavy atom. The Morgan fingerprint density at radius 3 is 2.36 bits per heavy atom. The fourth-order valence-corrected chi connectivity index (χ4v) is 6.09. The van der Waals surface area contributed by atoms with Crippen molar-refractivity contribution in [2.24, 2.45) is 23.7 Å². The lowest BCUT2D eigenvalue weighted by Crippen LogP contribution is -2.56. The molecule has 4 aliphatic rings. The van der Waals surface area contributed by atoms with Gasteiger partial charge in [0.2, 0.25) is 5.91 Å². The summed E-state index contributed by atoms with van der Waals surface area (Å²) in [5.74, 6) is 4.25. The van der Waals surface area contributed by atoms with Crippen LogP contribution in [0.3, 0.4) is 0 Å². The second kappa shape index (κ2) is 5.92. The van der Waals surface area contributed by atoms with Crippen LogP contribution in [0.25, 0.3) is 0 Å². The first-order chi connectivity index (χ1) is 10.7. The number of amides is 1. The number of aryl methyl sites for hydroxylation is 1. The number of rotatable bonds is 4. The summed E-state index contributed by atoms with van der Waals surface area (Å²) in [6.07, 6.45) is 6.92. The Bertz CT molecular complexity index is 542. The summed E-state index contributed by atoms with van der Waals surface area (Å²) in [5, 5.41) is 3.39. The van der Waals surface area contributed by atoms with Crippen LogP contribution in [0.15, 0.2) is 29.2 Å². The van der Waals surface area contributed by atoms with E-state index < -0.39 is 0 Å². The van der Waals surface area contributed by atoms with Gasteiger partial charge in [-0.25, -0.2) is 0 Å². The van der Waals surface area contributed by atoms with E-state index in [2.05, 4.69) is 24.4 Å². The number of carbonyl (C=O) groups excluding carboxylic acids is 1. The number of benzene rings is 1. The van der Waals surface area contributed by atoms with Crippen molar-refractivity contribution in [1.29, 1.82) is 0 Å². The second-order valence-electron chi connectivity index (χ2n) is 7.58. The molecule has 4 saturated carbocycles. The molecule has 4 aliphatic carbocycles. The lowest BCUT2D eigenvalue weighted by molar-refractivity contribution is -0.122. The van der Waals surface area contributed by atoms with Crippen LogP contribution in [0, 0.1) is 30.6 Å². The summed E-state index contributed by atoms with van der Waals surface area (Å²) in [7, 11) is 0. The molecule has 2 nitrogen and oxygen atoms in total. The van der Waals surface area contributed by atoms with Crippen LogP contribution >= 0.6 is 11.8 Å². The number of carbonyl (C=O) groups is 1. The summed E-state index contributed by atoms with van der Waals surface area (Å²) in [4.78, 5) is 13.6. The molecular formula is C19H25NOS. The summed E-state index contributed by atoms with van der Waals surface area (Å²) < 4.78 is 0. The van der Waals surface area contributed by atoms with Gasteiger partial charge in [0.1, 0.15) is 0 Å². The standard InChI is InChI=1S/C19H25NOS/c1-12-4-2-3-5-17(12)22-11-18(21)20-19-15-7-13-6-14(9-15)10-16(19)8-13/h2-5,13-16,19H,6-11H2,1H3,(H,20,21). The smallest absolute Gasteiger partial charge is 0.230 e. The maximum atomic E-state index is 12.4. The van der Waals surface area contributed by atoms with E-state index in [1.54, 1.807) is 11.8 Å². The highest BCUT2D eigenvalue weighted by Gasteiger charge is 2.48. The number of hydrogen-bond donors (Lipinski definition) is 1. The average Bonchev–Trinajstić information content (AvgIpc) is 2.49. The molecule has 0 radical (unpaired) electrons. The number of thioether (sulfide) groups is 1. The summed E-state index contributed by atoms with van der Waals surface area (Å²) in [5.41, 5.74) is 1.26. The Morgan fingerprint density at radius 2 is 1.73 bits per heavy atom. The van der Waals surface area contributed by atoms with Crippen molar-refractivity contribution in [2.75, 3.05) is 5.75 Å². The average molecular weight is 315 g/mol. The molecule has 5 rings (SSSR count). The normalized spacial score (nSPS) is 35.6. The van der Waals surface area contributed by atoms with Crippen LogP contribution in [-0.2, 0) is 4.79 Å². The van der Waals surface area contributed by atoms with Gasteiger partial charge in [-0.1, -0.05) is 18.2 Å². The second-order valence-corrected chi connectivity index (χ2v) is 8.60. The predicted molar refractivity (Wildman–Crippen MR) is 90.9 cm³/mol. The Kier molecular flexibility index (Phi) is 3.93. The molecule has 0 aromatic heterocycles. The SMILES string of the molecule is Cc1ccccc1SCC(=O)NC1C2CC3CC(C2)CC1C3. The number of nitrogens with one attached hydrogen (secondary N) is 1. The van der Waals surface area contributed by atoms with Gasteiger partial charge in [0.15, 0.2) is 0 Å². The number of hydrogen-bond acceptors (Lipinski definition) is 2. The Hall–Kier alpha value is -0.960. The lowest BCUT2D eigenvalue weighted by atomic mass is 9.54. The van der Waals surface area contributed by atoms with Crippen molar-refractivity contribution in [3.05, 3.63) is 29.8 Å². The maximum Gasteiger partial charge on any atom is 0.230 e. The van der Waals surface area contributed by atoms with E-state index in [0.29, 0.717) is 11.8 Å². The summed E-state index contributed by atoms with van der Waals surface area (Å²) >= 11 is 1.67. The molecular weight excluding hydrogens is 290 g/mol. The summed E-state index contributed by atoms with van der Waals surface area (Å²) in [6, 6.07) is 8.78. The minimum absolute atomic E-state index is 0.228. The molecule has 0 saturated heterocycles. The van der Waals surface area contributed by atoms with Crippen molar-refractivity contribution in [1.82, 2.24) is 5.32 Å². The third kappa shape index (κ3) is 2.80. The quantitative estimate of drug-likeness (QED) is 0.850. The first-order valence-corrected chi connectivity index (χ1v) is 9.65. The predicted octanol–water partition coefficient (Wildman–Crippen LogP) is 4.03. The van der Waals surface area contributed by atoms with E-state index in [-0.39, 0.29) is 5.91 Å². The molecule has 22 heavy (non-hydrogen) atoms. The molecule has 0 unspecified atom stereocenters. The van der Waals surface area contributed by atoms with Gasteiger partial charge in [0.05, 0.1) is 5.75 Å². The lowest BCUT2D eigenvalue weighted by Gasteiger charge is -2.54. The van der Waals surface area contributed by atoms with E-state index in [1.807, 2.05) is 12.1 Å². The Labute approximate surface area is 137 Å². The molecule has 3 heteroatoms. The van der Waals surface area contributed by atoms with E-state index in [4.69, 9.17) is 0 Å². The van der Waals surface area contributed by atoms with Gasteiger partial charge >= 0.3 is 0 Å². The molecule has 1 aromatic rings. The first-order valence-electron chi connectivity index (χ1n) is 8.67. The highest BCUT2D eigenvalue weighted by molar-refractivity contribution is 8.00. The molecule has 0 atom stereocenters. The van der Waals surface area contributed by atoms with Crippen molar-refractivity contribution in [3.63, 3.8) is 0 Å². The van der Waals surface area contributed by atoms with Gasteiger partial charge < -0.3 is 5.32 Å².